The van der Waals surface area contributed by atoms with Crippen molar-refractivity contribution in [3.8, 4) is 11.5 Å². The SMILES string of the molecule is COc1ccc(C(=O)[C@@H]2CCCN(Cc3cccc(SC)c3)C2)cc1OC. The number of nitrogens with zero attached hydrogens (tertiary/aromatic N) is 1. The van der Waals surface area contributed by atoms with Crippen LogP contribution in [0, 0.1) is 5.92 Å². The molecule has 144 valence electrons. The van der Waals surface area contributed by atoms with E-state index in [1.54, 1.807) is 38.1 Å². The molecule has 0 radical (unpaired) electrons. The maximum Gasteiger partial charge on any atom is 0.167 e. The van der Waals surface area contributed by atoms with E-state index < -0.39 is 0 Å². The molecule has 2 aromatic rings. The van der Waals surface area contributed by atoms with Gasteiger partial charge in [0.05, 0.1) is 14.2 Å². The lowest BCUT2D eigenvalue weighted by Gasteiger charge is -2.32. The first-order valence-corrected chi connectivity index (χ1v) is 10.5. The number of carbonyl (C=O) groups excluding carboxylic acids is 1. The molecule has 1 aliphatic heterocycles. The standard InChI is InChI=1S/C22H27NO3S/c1-25-20-10-9-17(13-21(20)26-2)22(24)18-7-5-11-23(15-18)14-16-6-4-8-19(12-16)27-3/h4,6,8-10,12-13,18H,5,7,11,14-15H2,1-3H3/t18-/m1/s1. The van der Waals surface area contributed by atoms with E-state index in [1.807, 2.05) is 6.07 Å². The van der Waals surface area contributed by atoms with Gasteiger partial charge in [-0.15, -0.1) is 11.8 Å². The highest BCUT2D eigenvalue weighted by Gasteiger charge is 2.27. The Bertz CT molecular complexity index is 793. The summed E-state index contributed by atoms with van der Waals surface area (Å²) in [6.07, 6.45) is 4.08. The number of Topliss-reactive ketones (excluding diaryl/α,β-unsaturated/α-hetero) is 1. The van der Waals surface area contributed by atoms with E-state index in [4.69, 9.17) is 9.47 Å². The Hall–Kier alpha value is -1.98. The average Bonchev–Trinajstić information content (AvgIpc) is 2.73. The second-order valence-corrected chi connectivity index (χ2v) is 7.74. The van der Waals surface area contributed by atoms with E-state index in [1.165, 1.54) is 10.5 Å². The van der Waals surface area contributed by atoms with Crippen LogP contribution < -0.4 is 9.47 Å². The predicted molar refractivity (Wildman–Crippen MR) is 110 cm³/mol. The summed E-state index contributed by atoms with van der Waals surface area (Å²) in [7, 11) is 3.20. The number of hydrogen-bond acceptors (Lipinski definition) is 5. The molecular formula is C22H27NO3S. The molecule has 5 heteroatoms. The largest absolute Gasteiger partial charge is 0.493 e. The Kier molecular flexibility index (Phi) is 6.80. The zero-order valence-corrected chi connectivity index (χ0v) is 17.1. The molecule has 0 bridgehead atoms. The molecule has 0 aliphatic carbocycles. The lowest BCUT2D eigenvalue weighted by atomic mass is 9.89. The van der Waals surface area contributed by atoms with Gasteiger partial charge in [0.1, 0.15) is 0 Å². The second kappa shape index (κ2) is 9.29. The van der Waals surface area contributed by atoms with E-state index in [9.17, 15) is 4.79 Å². The number of likely N-dealkylation sites (tertiary alicyclic amines) is 1. The molecule has 1 heterocycles. The number of benzene rings is 2. The normalized spacial score (nSPS) is 17.5. The highest BCUT2D eigenvalue weighted by atomic mass is 32.2. The van der Waals surface area contributed by atoms with Crippen molar-refractivity contribution in [3.63, 3.8) is 0 Å². The van der Waals surface area contributed by atoms with Crippen LogP contribution in [0.25, 0.3) is 0 Å². The fraction of sp³-hybridized carbons (Fsp3) is 0.409. The van der Waals surface area contributed by atoms with Gasteiger partial charge in [-0.25, -0.2) is 0 Å². The number of ether oxygens (including phenoxy) is 2. The van der Waals surface area contributed by atoms with Crippen molar-refractivity contribution in [3.05, 3.63) is 53.6 Å². The van der Waals surface area contributed by atoms with Crippen molar-refractivity contribution in [2.24, 2.45) is 5.92 Å². The first-order chi connectivity index (χ1) is 13.1. The predicted octanol–water partition coefficient (Wildman–Crippen LogP) is 4.52. The van der Waals surface area contributed by atoms with Crippen LogP contribution in [0.1, 0.15) is 28.8 Å². The molecular weight excluding hydrogens is 358 g/mol. The maximum absolute atomic E-state index is 13.0. The molecule has 0 unspecified atom stereocenters. The number of thioether (sulfide) groups is 1. The zero-order valence-electron chi connectivity index (χ0n) is 16.2. The van der Waals surface area contributed by atoms with Gasteiger partial charge >= 0.3 is 0 Å². The summed E-state index contributed by atoms with van der Waals surface area (Å²) in [5.41, 5.74) is 2.00. The Balaban J connectivity index is 1.69. The van der Waals surface area contributed by atoms with E-state index in [0.29, 0.717) is 17.1 Å². The van der Waals surface area contributed by atoms with Crippen molar-refractivity contribution in [1.29, 1.82) is 0 Å². The molecule has 1 aliphatic rings. The van der Waals surface area contributed by atoms with Crippen LogP contribution in [0.2, 0.25) is 0 Å². The molecule has 1 saturated heterocycles. The molecule has 0 amide bonds. The quantitative estimate of drug-likeness (QED) is 0.517. The molecule has 27 heavy (non-hydrogen) atoms. The van der Waals surface area contributed by atoms with Gasteiger partial charge in [0, 0.05) is 29.5 Å². The topological polar surface area (TPSA) is 38.8 Å². The van der Waals surface area contributed by atoms with Crippen LogP contribution in [0.4, 0.5) is 0 Å². The van der Waals surface area contributed by atoms with Crippen molar-refractivity contribution in [1.82, 2.24) is 4.90 Å². The van der Waals surface area contributed by atoms with Crippen LogP contribution in [0.3, 0.4) is 0 Å². The Morgan fingerprint density at radius 3 is 2.70 bits per heavy atom. The summed E-state index contributed by atoms with van der Waals surface area (Å²) < 4.78 is 10.6. The number of piperidine rings is 1. The van der Waals surface area contributed by atoms with Gasteiger partial charge in [0.2, 0.25) is 0 Å². The van der Waals surface area contributed by atoms with Crippen LogP contribution >= 0.6 is 11.8 Å². The smallest absolute Gasteiger partial charge is 0.167 e. The Labute approximate surface area is 165 Å². The van der Waals surface area contributed by atoms with Gasteiger partial charge in [-0.2, -0.15) is 0 Å². The third-order valence-corrected chi connectivity index (χ3v) is 5.81. The second-order valence-electron chi connectivity index (χ2n) is 6.86. The zero-order chi connectivity index (χ0) is 19.2. The molecule has 0 N–H and O–H groups in total. The minimum Gasteiger partial charge on any atom is -0.493 e. The minimum atomic E-state index is 0.0283. The van der Waals surface area contributed by atoms with Gasteiger partial charge in [0.15, 0.2) is 17.3 Å². The van der Waals surface area contributed by atoms with Crippen LogP contribution in [0.5, 0.6) is 11.5 Å². The molecule has 0 aromatic heterocycles. The van der Waals surface area contributed by atoms with E-state index in [2.05, 4.69) is 35.4 Å². The summed E-state index contributed by atoms with van der Waals surface area (Å²) in [6, 6.07) is 14.1. The summed E-state index contributed by atoms with van der Waals surface area (Å²) in [5, 5.41) is 0. The average molecular weight is 386 g/mol. The molecule has 0 spiro atoms. The van der Waals surface area contributed by atoms with Gasteiger partial charge < -0.3 is 9.47 Å². The number of ketones is 1. The third kappa shape index (κ3) is 4.85. The van der Waals surface area contributed by atoms with Crippen LogP contribution in [0.15, 0.2) is 47.4 Å². The molecule has 1 fully saturated rings. The molecule has 3 rings (SSSR count). The van der Waals surface area contributed by atoms with E-state index in [0.717, 1.165) is 32.5 Å². The molecule has 2 aromatic carbocycles. The summed E-state index contributed by atoms with van der Waals surface area (Å²) in [4.78, 5) is 16.7. The number of carbonyl (C=O) groups is 1. The number of rotatable bonds is 7. The minimum absolute atomic E-state index is 0.0283. The van der Waals surface area contributed by atoms with E-state index in [-0.39, 0.29) is 11.7 Å². The monoisotopic (exact) mass is 385 g/mol. The fourth-order valence-electron chi connectivity index (χ4n) is 3.67. The van der Waals surface area contributed by atoms with Crippen molar-refractivity contribution in [2.75, 3.05) is 33.6 Å². The molecule has 1 atom stereocenters. The van der Waals surface area contributed by atoms with Crippen LogP contribution in [-0.2, 0) is 6.54 Å². The lowest BCUT2D eigenvalue weighted by Crippen LogP contribution is -2.38. The van der Waals surface area contributed by atoms with Gasteiger partial charge in [-0.3, -0.25) is 9.69 Å². The highest BCUT2D eigenvalue weighted by Crippen LogP contribution is 2.30. The maximum atomic E-state index is 13.0. The van der Waals surface area contributed by atoms with Crippen molar-refractivity contribution < 1.29 is 14.3 Å². The third-order valence-electron chi connectivity index (χ3n) is 5.08. The number of hydrogen-bond donors (Lipinski definition) is 0. The lowest BCUT2D eigenvalue weighted by molar-refractivity contribution is 0.0811. The highest BCUT2D eigenvalue weighted by molar-refractivity contribution is 7.98. The summed E-state index contributed by atoms with van der Waals surface area (Å²) >= 11 is 1.76. The summed E-state index contributed by atoms with van der Waals surface area (Å²) in [6.45, 7) is 2.74. The van der Waals surface area contributed by atoms with Gasteiger partial charge in [0.25, 0.3) is 0 Å². The Morgan fingerprint density at radius 1 is 1.15 bits per heavy atom. The van der Waals surface area contributed by atoms with Crippen LogP contribution in [-0.4, -0.2) is 44.2 Å². The van der Waals surface area contributed by atoms with Crippen molar-refractivity contribution in [2.45, 2.75) is 24.3 Å². The fourth-order valence-corrected chi connectivity index (χ4v) is 4.15. The molecule has 4 nitrogen and oxygen atoms in total. The van der Waals surface area contributed by atoms with Crippen molar-refractivity contribution >= 4 is 17.5 Å². The van der Waals surface area contributed by atoms with E-state index >= 15 is 0 Å². The van der Waals surface area contributed by atoms with Gasteiger partial charge in [-0.05, 0) is 61.5 Å². The molecule has 0 saturated carbocycles. The number of methoxy groups -OCH3 is 2. The van der Waals surface area contributed by atoms with Gasteiger partial charge in [-0.1, -0.05) is 12.1 Å². The Morgan fingerprint density at radius 2 is 1.96 bits per heavy atom. The summed E-state index contributed by atoms with van der Waals surface area (Å²) in [5.74, 6) is 1.47. The first-order valence-electron chi connectivity index (χ1n) is 9.26. The first kappa shape index (κ1) is 19.8.